The van der Waals surface area contributed by atoms with Crippen molar-refractivity contribution in [2.24, 2.45) is 11.8 Å². The Hall–Kier alpha value is -3.58. The minimum absolute atomic E-state index is 0.0609. The van der Waals surface area contributed by atoms with Gasteiger partial charge in [0.2, 0.25) is 5.91 Å². The van der Waals surface area contributed by atoms with Crippen molar-refractivity contribution >= 4 is 29.0 Å². The molecule has 3 rings (SSSR count). The molecule has 1 aliphatic rings. The highest BCUT2D eigenvalue weighted by molar-refractivity contribution is 6.33. The van der Waals surface area contributed by atoms with Gasteiger partial charge in [-0.1, -0.05) is 117 Å². The van der Waals surface area contributed by atoms with Gasteiger partial charge in [0.1, 0.15) is 22.9 Å². The first-order chi connectivity index (χ1) is 24.3. The largest absolute Gasteiger partial charge is 0.507 e. The number of phenolic OH excluding ortho intramolecular Hbond substituents is 1. The Morgan fingerprint density at radius 1 is 1.14 bits per heavy atom. The van der Waals surface area contributed by atoms with Crippen LogP contribution in [0, 0.1) is 24.6 Å². The third kappa shape index (κ3) is 10.3. The van der Waals surface area contributed by atoms with E-state index < -0.39 is 11.4 Å². The molecule has 1 amide bonds. The van der Waals surface area contributed by atoms with Crippen molar-refractivity contribution in [1.82, 2.24) is 10.2 Å². The van der Waals surface area contributed by atoms with Crippen LogP contribution in [0.4, 0.5) is 4.39 Å². The summed E-state index contributed by atoms with van der Waals surface area (Å²) in [4.78, 5) is 27.4. The Labute approximate surface area is 312 Å². The second-order valence-electron chi connectivity index (χ2n) is 13.6. The van der Waals surface area contributed by atoms with E-state index in [-0.39, 0.29) is 41.1 Å². The fraction of sp³-hybridized carbons (Fsp3) is 0.535. The van der Waals surface area contributed by atoms with Gasteiger partial charge in [0.15, 0.2) is 5.78 Å². The lowest BCUT2D eigenvalue weighted by molar-refractivity contribution is -0.140. The maximum atomic E-state index is 17.0. The van der Waals surface area contributed by atoms with E-state index in [0.717, 1.165) is 37.7 Å². The SMILES string of the molecule is C=CC(=O)N1CC(N/C(=C(\CCC)C(=C)OCC(CCCC)C(C)CC)c2cc(Cl)c(-c3c(C)cccc3O)c(F)c2CCC)(C(C)=O)C1.CC. The number of allylic oxidation sites excluding steroid dienone is 1. The van der Waals surface area contributed by atoms with Crippen molar-refractivity contribution in [1.29, 1.82) is 0 Å². The summed E-state index contributed by atoms with van der Waals surface area (Å²) in [6.45, 7) is 26.7. The number of rotatable bonds is 19. The number of hydrogen-bond acceptors (Lipinski definition) is 5. The van der Waals surface area contributed by atoms with E-state index in [2.05, 4.69) is 39.2 Å². The van der Waals surface area contributed by atoms with Crippen LogP contribution < -0.4 is 5.32 Å². The topological polar surface area (TPSA) is 78.9 Å². The van der Waals surface area contributed by atoms with Gasteiger partial charge in [0.05, 0.1) is 24.7 Å². The molecule has 2 aromatic rings. The van der Waals surface area contributed by atoms with E-state index in [9.17, 15) is 14.7 Å². The Morgan fingerprint density at radius 2 is 1.80 bits per heavy atom. The molecule has 51 heavy (non-hydrogen) atoms. The van der Waals surface area contributed by atoms with Crippen LogP contribution in [0.25, 0.3) is 16.8 Å². The number of ether oxygens (including phenoxy) is 1. The number of amides is 1. The molecule has 0 radical (unpaired) electrons. The fourth-order valence-electron chi connectivity index (χ4n) is 6.69. The average Bonchev–Trinajstić information content (AvgIpc) is 3.09. The number of hydrogen-bond donors (Lipinski definition) is 2. The van der Waals surface area contributed by atoms with Crippen LogP contribution in [0.5, 0.6) is 5.75 Å². The first kappa shape index (κ1) is 43.6. The van der Waals surface area contributed by atoms with Gasteiger partial charge in [0.25, 0.3) is 0 Å². The van der Waals surface area contributed by atoms with Gasteiger partial charge >= 0.3 is 0 Å². The number of Topliss-reactive ketones (excluding diaryl/α,β-unsaturated/α-hetero) is 1. The summed E-state index contributed by atoms with van der Waals surface area (Å²) in [7, 11) is 0. The van der Waals surface area contributed by atoms with Crippen LogP contribution in [-0.2, 0) is 20.7 Å². The summed E-state index contributed by atoms with van der Waals surface area (Å²) in [5.74, 6) is 0.271. The molecule has 2 atom stereocenters. The quantitative estimate of drug-likeness (QED) is 0.0856. The molecule has 6 nitrogen and oxygen atoms in total. The summed E-state index contributed by atoms with van der Waals surface area (Å²) >= 11 is 6.97. The molecular weight excluding hydrogens is 663 g/mol. The van der Waals surface area contributed by atoms with Crippen LogP contribution >= 0.6 is 11.6 Å². The van der Waals surface area contributed by atoms with Gasteiger partial charge in [-0.3, -0.25) is 9.59 Å². The fourth-order valence-corrected chi connectivity index (χ4v) is 6.98. The van der Waals surface area contributed by atoms with Crippen molar-refractivity contribution in [2.45, 2.75) is 119 Å². The first-order valence-corrected chi connectivity index (χ1v) is 19.2. The van der Waals surface area contributed by atoms with E-state index in [1.807, 2.05) is 40.7 Å². The van der Waals surface area contributed by atoms with E-state index in [1.54, 1.807) is 17.0 Å². The molecule has 1 heterocycles. The number of aromatic hydroxyl groups is 1. The molecule has 1 saturated heterocycles. The number of nitrogens with one attached hydrogen (secondary N) is 1. The predicted molar refractivity (Wildman–Crippen MR) is 211 cm³/mol. The highest BCUT2D eigenvalue weighted by Crippen LogP contribution is 2.44. The molecule has 0 saturated carbocycles. The zero-order valence-corrected chi connectivity index (χ0v) is 33.4. The average molecular weight is 725 g/mol. The maximum absolute atomic E-state index is 17.0. The van der Waals surface area contributed by atoms with Crippen molar-refractivity contribution in [3.63, 3.8) is 0 Å². The second-order valence-corrected chi connectivity index (χ2v) is 14.0. The molecule has 0 aromatic heterocycles. The third-order valence-corrected chi connectivity index (χ3v) is 10.3. The highest BCUT2D eigenvalue weighted by Gasteiger charge is 2.49. The van der Waals surface area contributed by atoms with Crippen LogP contribution in [0.15, 0.2) is 54.8 Å². The maximum Gasteiger partial charge on any atom is 0.246 e. The van der Waals surface area contributed by atoms with E-state index in [4.69, 9.17) is 16.3 Å². The standard InChI is InChI=1S/C41H56ClFN2O4.C2H6/c1-10-15-20-30(26(6)13-4)23-49-28(8)31(17-11-2)40(44-41(29(9)46)24-45(25-41)36(48)14-5)33-22-34(42)38(39(43)32(33)18-12-3)37-27(7)19-16-21-35(37)47;1-2/h14,16,19,21-22,26,30,44,47H,5,8,10-13,15,17-18,20,23-25H2,1-4,6-7,9H3;1-2H3/b40-31+;. The summed E-state index contributed by atoms with van der Waals surface area (Å²) in [5.41, 5.74) is 2.21. The number of likely N-dealkylation sites (tertiary alicyclic amines) is 1. The summed E-state index contributed by atoms with van der Waals surface area (Å²) in [5, 5.41) is 14.5. The van der Waals surface area contributed by atoms with Gasteiger partial charge < -0.3 is 20.1 Å². The zero-order chi connectivity index (χ0) is 38.5. The van der Waals surface area contributed by atoms with Gasteiger partial charge in [-0.15, -0.1) is 0 Å². The minimum Gasteiger partial charge on any atom is -0.507 e. The highest BCUT2D eigenvalue weighted by atomic mass is 35.5. The Bertz CT molecular complexity index is 1540. The lowest BCUT2D eigenvalue weighted by atomic mass is 9.83. The predicted octanol–water partition coefficient (Wildman–Crippen LogP) is 11.0. The first-order valence-electron chi connectivity index (χ1n) is 18.9. The second kappa shape index (κ2) is 20.5. The van der Waals surface area contributed by atoms with E-state index >= 15 is 4.39 Å². The molecule has 0 spiro atoms. The van der Waals surface area contributed by atoms with Crippen LogP contribution in [-0.4, -0.2) is 46.9 Å². The van der Waals surface area contributed by atoms with Crippen LogP contribution in [0.2, 0.25) is 5.02 Å². The van der Waals surface area contributed by atoms with E-state index in [1.165, 1.54) is 19.1 Å². The van der Waals surface area contributed by atoms with Gasteiger partial charge in [-0.2, -0.15) is 0 Å². The number of halogens is 2. The minimum atomic E-state index is -1.12. The molecule has 2 aromatic carbocycles. The number of nitrogens with zero attached hydrogens (tertiary/aromatic N) is 1. The van der Waals surface area contributed by atoms with Crippen molar-refractivity contribution < 1.29 is 23.8 Å². The molecule has 282 valence electrons. The Morgan fingerprint density at radius 3 is 2.33 bits per heavy atom. The summed E-state index contributed by atoms with van der Waals surface area (Å²) in [6, 6.07) is 6.77. The van der Waals surface area contributed by atoms with Gasteiger partial charge in [0, 0.05) is 28.0 Å². The Kier molecular flexibility index (Phi) is 17.5. The number of carbonyl (C=O) groups excluding carboxylic acids is 2. The van der Waals surface area contributed by atoms with Crippen LogP contribution in [0.1, 0.15) is 117 Å². The monoisotopic (exact) mass is 724 g/mol. The molecular formula is C43H62ClFN2O4. The number of phenols is 1. The molecule has 2 unspecified atom stereocenters. The van der Waals surface area contributed by atoms with Crippen molar-refractivity contribution in [3.05, 3.63) is 82.4 Å². The molecule has 1 fully saturated rings. The van der Waals surface area contributed by atoms with Gasteiger partial charge in [-0.25, -0.2) is 4.39 Å². The van der Waals surface area contributed by atoms with Crippen molar-refractivity contribution in [3.8, 4) is 16.9 Å². The third-order valence-electron chi connectivity index (χ3n) is 10.0. The molecule has 8 heteroatoms. The Balaban J connectivity index is 0.00000442. The molecule has 0 bridgehead atoms. The summed E-state index contributed by atoms with van der Waals surface area (Å²) in [6.07, 6.45) is 7.81. The number of benzene rings is 2. The number of unbranched alkanes of at least 4 members (excludes halogenated alkanes) is 1. The summed E-state index contributed by atoms with van der Waals surface area (Å²) < 4.78 is 23.5. The van der Waals surface area contributed by atoms with Crippen molar-refractivity contribution in [2.75, 3.05) is 19.7 Å². The van der Waals surface area contributed by atoms with Gasteiger partial charge in [-0.05, 0) is 74.3 Å². The normalized spacial score (nSPS) is 15.0. The lowest BCUT2D eigenvalue weighted by Gasteiger charge is -2.49. The number of ketones is 1. The number of carbonyl (C=O) groups is 2. The molecule has 1 aliphatic heterocycles. The van der Waals surface area contributed by atoms with Crippen LogP contribution in [0.3, 0.4) is 0 Å². The lowest BCUT2D eigenvalue weighted by Crippen LogP contribution is -2.73. The zero-order valence-electron chi connectivity index (χ0n) is 32.6. The molecule has 2 N–H and O–H groups in total. The molecule has 0 aliphatic carbocycles. The number of aryl methyl sites for hydroxylation is 1. The van der Waals surface area contributed by atoms with E-state index in [0.29, 0.717) is 71.4 Å². The smallest absolute Gasteiger partial charge is 0.246 e.